The van der Waals surface area contributed by atoms with E-state index in [1.54, 1.807) is 32.8 Å². The lowest BCUT2D eigenvalue weighted by Crippen LogP contribution is -2.57. The van der Waals surface area contributed by atoms with Crippen LogP contribution in [0.1, 0.15) is 60.8 Å². The van der Waals surface area contributed by atoms with Crippen LogP contribution < -0.4 is 20.1 Å². The van der Waals surface area contributed by atoms with Crippen LogP contribution in [0.25, 0.3) is 22.2 Å². The zero-order chi connectivity index (χ0) is 36.6. The summed E-state index contributed by atoms with van der Waals surface area (Å²) in [5.74, 6) is -0.410. The van der Waals surface area contributed by atoms with Crippen molar-refractivity contribution in [2.45, 2.75) is 90.6 Å². The van der Waals surface area contributed by atoms with Crippen molar-refractivity contribution in [3.63, 3.8) is 0 Å². The van der Waals surface area contributed by atoms with E-state index < -0.39 is 47.8 Å². The van der Waals surface area contributed by atoms with E-state index in [0.29, 0.717) is 35.6 Å². The minimum Gasteiger partial charge on any atom is -0.497 e. The van der Waals surface area contributed by atoms with Gasteiger partial charge in [0, 0.05) is 29.5 Å². The van der Waals surface area contributed by atoms with Crippen LogP contribution in [0.4, 0.5) is 4.79 Å². The molecular formula is C37H49N5O8. The third kappa shape index (κ3) is 9.54. The number of carbonyl (C=O) groups is 3. The Morgan fingerprint density at radius 3 is 2.38 bits per heavy atom. The summed E-state index contributed by atoms with van der Waals surface area (Å²) in [5, 5.41) is 20.6. The first-order valence-corrected chi connectivity index (χ1v) is 16.9. The van der Waals surface area contributed by atoms with Crippen molar-refractivity contribution in [1.82, 2.24) is 20.5 Å². The zero-order valence-electron chi connectivity index (χ0n) is 30.1. The van der Waals surface area contributed by atoms with Crippen molar-refractivity contribution in [1.29, 1.82) is 0 Å². The van der Waals surface area contributed by atoms with Gasteiger partial charge in [0.2, 0.25) is 5.91 Å². The number of ether oxygens (including phenoxy) is 3. The average Bonchev–Trinajstić information content (AvgIpc) is 3.49. The Kier molecular flexibility index (Phi) is 12.5. The van der Waals surface area contributed by atoms with Crippen LogP contribution in [0.3, 0.4) is 0 Å². The summed E-state index contributed by atoms with van der Waals surface area (Å²) in [5.41, 5.74) is 1.48. The number of nitrogens with zero attached hydrogens (tertiary/aromatic N) is 3. The number of fused-ring (bicyclic) bond motifs is 1. The molecule has 50 heavy (non-hydrogen) atoms. The Balaban J connectivity index is 1.75. The number of rotatable bonds is 13. The largest absolute Gasteiger partial charge is 0.497 e. The lowest BCUT2D eigenvalue weighted by Gasteiger charge is -2.32. The third-order valence-electron chi connectivity index (χ3n) is 8.20. The fourth-order valence-electron chi connectivity index (χ4n) is 5.86. The highest BCUT2D eigenvalue weighted by atomic mass is 16.6. The molecule has 13 heteroatoms. The van der Waals surface area contributed by atoms with Gasteiger partial charge in [-0.15, -0.1) is 0 Å². The van der Waals surface area contributed by atoms with E-state index in [0.717, 1.165) is 10.9 Å². The topological polar surface area (TPSA) is 161 Å². The number of aromatic nitrogens is 1. The summed E-state index contributed by atoms with van der Waals surface area (Å²) in [6, 6.07) is 14.4. The quantitative estimate of drug-likeness (QED) is 0.117. The van der Waals surface area contributed by atoms with Gasteiger partial charge in [0.15, 0.2) is 5.84 Å². The number of aliphatic carboxylic acids is 1. The second-order valence-corrected chi connectivity index (χ2v) is 13.6. The highest BCUT2D eigenvalue weighted by molar-refractivity contribution is 5.96. The molecule has 0 saturated carbocycles. The number of nitrogens with one attached hydrogen (secondary N) is 2. The van der Waals surface area contributed by atoms with Crippen LogP contribution in [0.5, 0.6) is 11.5 Å². The first kappa shape index (κ1) is 37.7. The molecule has 2 amide bonds. The summed E-state index contributed by atoms with van der Waals surface area (Å²) in [6.07, 6.45) is -0.118. The lowest BCUT2D eigenvalue weighted by molar-refractivity contribution is -0.139. The van der Waals surface area contributed by atoms with Gasteiger partial charge >= 0.3 is 12.1 Å². The van der Waals surface area contributed by atoms with Gasteiger partial charge in [0.25, 0.3) is 0 Å². The molecule has 1 aliphatic rings. The van der Waals surface area contributed by atoms with Gasteiger partial charge in [0.05, 0.1) is 30.9 Å². The molecule has 1 unspecified atom stereocenters. The molecule has 0 bridgehead atoms. The zero-order valence-corrected chi connectivity index (χ0v) is 30.1. The number of benzene rings is 2. The Labute approximate surface area is 293 Å². The lowest BCUT2D eigenvalue weighted by atomic mass is 10.0. The standard InChI is InChI=1S/C37H49N5O8/c1-9-13-27(35(44)45)39-33(41-48-8)30-19-25(21-42(30)34(43)32(22(2)3)40-36(46)50-37(4,5)6)49-31-20-28(23-14-11-10-12-15-23)38-29-18-24(47-7)16-17-26(29)31/h10-12,14-18,20,22,25,27,30,32H,9,13,19,21H2,1-8H3,(H,39,41)(H,40,46)(H,44,45)/t25?,27-,30-,32-/m0/s1. The fourth-order valence-corrected chi connectivity index (χ4v) is 5.86. The van der Waals surface area contributed by atoms with E-state index in [2.05, 4.69) is 15.8 Å². The summed E-state index contributed by atoms with van der Waals surface area (Å²) < 4.78 is 17.7. The molecule has 3 N–H and O–H groups in total. The second kappa shape index (κ2) is 16.6. The predicted octanol–water partition coefficient (Wildman–Crippen LogP) is 5.61. The SMILES string of the molecule is CCC[C@H](N/C(=N/OC)[C@@H]1CC(Oc2cc(-c3ccccc3)nc3cc(OC)ccc23)CN1C(=O)[C@@H](NC(=O)OC(C)(C)C)C(C)C)C(=O)O. The maximum Gasteiger partial charge on any atom is 0.408 e. The maximum atomic E-state index is 14.4. The number of likely N-dealkylation sites (tertiary alicyclic amines) is 1. The molecule has 4 rings (SSSR count). The summed E-state index contributed by atoms with van der Waals surface area (Å²) >= 11 is 0. The van der Waals surface area contributed by atoms with Crippen LogP contribution in [0.15, 0.2) is 59.8 Å². The molecule has 3 aromatic rings. The monoisotopic (exact) mass is 691 g/mol. The van der Waals surface area contributed by atoms with Gasteiger partial charge < -0.3 is 39.7 Å². The Hall–Kier alpha value is -5.07. The molecule has 270 valence electrons. The minimum atomic E-state index is -1.06. The Bertz CT molecular complexity index is 1670. The molecule has 0 spiro atoms. The Morgan fingerprint density at radius 2 is 1.78 bits per heavy atom. The first-order chi connectivity index (χ1) is 23.7. The first-order valence-electron chi connectivity index (χ1n) is 16.9. The normalized spacial score (nSPS) is 17.6. The molecule has 13 nitrogen and oxygen atoms in total. The van der Waals surface area contributed by atoms with Crippen molar-refractivity contribution in [3.05, 3.63) is 54.6 Å². The van der Waals surface area contributed by atoms with Gasteiger partial charge in [-0.2, -0.15) is 0 Å². The van der Waals surface area contributed by atoms with Gasteiger partial charge in [0.1, 0.15) is 42.4 Å². The van der Waals surface area contributed by atoms with Crippen molar-refractivity contribution in [2.24, 2.45) is 11.1 Å². The predicted molar refractivity (Wildman–Crippen MR) is 190 cm³/mol. The van der Waals surface area contributed by atoms with E-state index >= 15 is 0 Å². The molecule has 1 saturated heterocycles. The van der Waals surface area contributed by atoms with Gasteiger partial charge in [-0.05, 0) is 45.2 Å². The average molecular weight is 692 g/mol. The van der Waals surface area contributed by atoms with E-state index in [9.17, 15) is 19.5 Å². The summed E-state index contributed by atoms with van der Waals surface area (Å²) in [7, 11) is 2.95. The molecule has 4 atom stereocenters. The molecule has 0 aliphatic carbocycles. The molecule has 2 aromatic carbocycles. The number of pyridine rings is 1. The van der Waals surface area contributed by atoms with Gasteiger partial charge in [-0.3, -0.25) is 4.79 Å². The van der Waals surface area contributed by atoms with Crippen LogP contribution >= 0.6 is 0 Å². The smallest absolute Gasteiger partial charge is 0.408 e. The number of amidine groups is 1. The number of amides is 2. The number of hydrogen-bond donors (Lipinski definition) is 3. The third-order valence-corrected chi connectivity index (χ3v) is 8.20. The van der Waals surface area contributed by atoms with Gasteiger partial charge in [-0.25, -0.2) is 14.6 Å². The molecule has 1 fully saturated rings. The van der Waals surface area contributed by atoms with E-state index in [4.69, 9.17) is 24.0 Å². The number of alkyl carbamates (subject to hydrolysis) is 1. The molecular weight excluding hydrogens is 642 g/mol. The van der Waals surface area contributed by atoms with Crippen molar-refractivity contribution >= 4 is 34.7 Å². The number of oxime groups is 1. The molecule has 1 aliphatic heterocycles. The fraction of sp³-hybridized carbons (Fsp3) is 0.486. The molecule has 2 heterocycles. The van der Waals surface area contributed by atoms with Crippen molar-refractivity contribution in [2.75, 3.05) is 20.8 Å². The number of carbonyl (C=O) groups excluding carboxylic acids is 2. The van der Waals surface area contributed by atoms with Crippen molar-refractivity contribution < 1.29 is 38.5 Å². The number of hydrogen-bond acceptors (Lipinski definition) is 9. The van der Waals surface area contributed by atoms with Crippen LogP contribution in [-0.2, 0) is 19.2 Å². The van der Waals surface area contributed by atoms with Gasteiger partial charge in [-0.1, -0.05) is 62.7 Å². The minimum absolute atomic E-state index is 0.110. The Morgan fingerprint density at radius 1 is 1.06 bits per heavy atom. The van der Waals surface area contributed by atoms with E-state index in [1.165, 1.54) is 7.11 Å². The maximum absolute atomic E-state index is 14.4. The molecule has 0 radical (unpaired) electrons. The van der Waals surface area contributed by atoms with E-state index in [-0.39, 0.29) is 24.7 Å². The van der Waals surface area contributed by atoms with E-state index in [1.807, 2.05) is 75.4 Å². The summed E-state index contributed by atoms with van der Waals surface area (Å²) in [6.45, 7) is 10.9. The number of carboxylic acids is 1. The number of carboxylic acid groups (broad SMARTS) is 1. The highest BCUT2D eigenvalue weighted by Gasteiger charge is 2.44. The number of methoxy groups -OCH3 is 1. The van der Waals surface area contributed by atoms with Crippen molar-refractivity contribution in [3.8, 4) is 22.8 Å². The van der Waals surface area contributed by atoms with Crippen LogP contribution in [0, 0.1) is 5.92 Å². The molecule has 1 aromatic heterocycles. The van der Waals surface area contributed by atoms with Crippen LogP contribution in [0.2, 0.25) is 0 Å². The highest BCUT2D eigenvalue weighted by Crippen LogP contribution is 2.35. The van der Waals surface area contributed by atoms with Crippen LogP contribution in [-0.4, -0.2) is 89.4 Å². The summed E-state index contributed by atoms with van der Waals surface area (Å²) in [4.78, 5) is 51.1. The second-order valence-electron chi connectivity index (χ2n) is 13.6.